The third kappa shape index (κ3) is 4.36. The first-order valence-corrected chi connectivity index (χ1v) is 8.03. The minimum atomic E-state index is -0.259. The second-order valence-electron chi connectivity index (χ2n) is 5.49. The average Bonchev–Trinajstić information content (AvgIpc) is 3.00. The quantitative estimate of drug-likeness (QED) is 0.688. The van der Waals surface area contributed by atoms with E-state index < -0.39 is 0 Å². The molecule has 1 N–H and O–H groups in total. The Morgan fingerprint density at radius 2 is 1.92 bits per heavy atom. The lowest BCUT2D eigenvalue weighted by Crippen LogP contribution is -2.28. The predicted molar refractivity (Wildman–Crippen MR) is 94.0 cm³/mol. The van der Waals surface area contributed by atoms with Crippen molar-refractivity contribution in [3.8, 4) is 5.75 Å². The van der Waals surface area contributed by atoms with E-state index in [2.05, 4.69) is 10.3 Å². The summed E-state index contributed by atoms with van der Waals surface area (Å²) in [7, 11) is 0. The molecule has 2 heterocycles. The Kier molecular flexibility index (Phi) is 5.00. The molecule has 2 aromatic heterocycles. The molecular formula is C18H16ClN3O3. The molecule has 128 valence electrons. The van der Waals surface area contributed by atoms with Crippen molar-refractivity contribution in [2.75, 3.05) is 6.61 Å². The van der Waals surface area contributed by atoms with Crippen molar-refractivity contribution in [1.29, 1.82) is 0 Å². The van der Waals surface area contributed by atoms with Crippen LogP contribution in [-0.4, -0.2) is 27.7 Å². The molecule has 1 amide bonds. The fraction of sp³-hybridized carbons (Fsp3) is 0.167. The van der Waals surface area contributed by atoms with Gasteiger partial charge in [-0.05, 0) is 43.3 Å². The summed E-state index contributed by atoms with van der Waals surface area (Å²) in [5, 5.41) is 3.36. The number of hydrogen-bond acceptors (Lipinski definition) is 4. The van der Waals surface area contributed by atoms with E-state index in [0.717, 1.165) is 11.3 Å². The molecule has 0 unspecified atom stereocenters. The molecule has 0 radical (unpaired) electrons. The highest BCUT2D eigenvalue weighted by Gasteiger charge is 2.07. The van der Waals surface area contributed by atoms with Crippen LogP contribution in [0.3, 0.4) is 0 Å². The van der Waals surface area contributed by atoms with E-state index in [-0.39, 0.29) is 18.3 Å². The number of pyridine rings is 1. The number of carbonyl (C=O) groups is 2. The van der Waals surface area contributed by atoms with Crippen molar-refractivity contribution < 1.29 is 14.3 Å². The van der Waals surface area contributed by atoms with Crippen LogP contribution in [0, 0.1) is 0 Å². The van der Waals surface area contributed by atoms with Crippen molar-refractivity contribution >= 4 is 28.9 Å². The van der Waals surface area contributed by atoms with Crippen LogP contribution < -0.4 is 10.1 Å². The normalized spacial score (nSPS) is 10.6. The summed E-state index contributed by atoms with van der Waals surface area (Å²) < 4.78 is 7.20. The molecule has 7 heteroatoms. The molecule has 0 spiro atoms. The lowest BCUT2D eigenvalue weighted by atomic mass is 10.1. The summed E-state index contributed by atoms with van der Waals surface area (Å²) in [4.78, 5) is 27.5. The number of benzene rings is 1. The molecule has 3 aromatic rings. The van der Waals surface area contributed by atoms with Crippen molar-refractivity contribution in [1.82, 2.24) is 14.7 Å². The van der Waals surface area contributed by atoms with Gasteiger partial charge in [-0.2, -0.15) is 0 Å². The molecule has 0 bridgehead atoms. The topological polar surface area (TPSA) is 72.7 Å². The molecule has 0 fully saturated rings. The summed E-state index contributed by atoms with van der Waals surface area (Å²) >= 11 is 5.93. The van der Waals surface area contributed by atoms with E-state index in [9.17, 15) is 9.59 Å². The van der Waals surface area contributed by atoms with Gasteiger partial charge in [0.15, 0.2) is 12.4 Å². The third-order valence-electron chi connectivity index (χ3n) is 3.56. The van der Waals surface area contributed by atoms with E-state index in [4.69, 9.17) is 16.3 Å². The van der Waals surface area contributed by atoms with Crippen LogP contribution in [0.1, 0.15) is 23.0 Å². The monoisotopic (exact) mass is 357 g/mol. The number of halogens is 1. The molecular weight excluding hydrogens is 342 g/mol. The zero-order valence-electron chi connectivity index (χ0n) is 13.5. The fourth-order valence-corrected chi connectivity index (χ4v) is 2.45. The van der Waals surface area contributed by atoms with Gasteiger partial charge in [0.05, 0.1) is 17.3 Å². The molecule has 3 rings (SSSR count). The zero-order valence-corrected chi connectivity index (χ0v) is 14.3. The molecule has 0 saturated carbocycles. The molecule has 0 saturated heterocycles. The highest BCUT2D eigenvalue weighted by molar-refractivity contribution is 6.30. The molecule has 1 aromatic carbocycles. The number of rotatable bonds is 6. The number of nitrogens with zero attached hydrogens (tertiary/aromatic N) is 2. The van der Waals surface area contributed by atoms with Gasteiger partial charge >= 0.3 is 0 Å². The molecule has 0 aliphatic heterocycles. The van der Waals surface area contributed by atoms with Gasteiger partial charge in [-0.25, -0.2) is 4.98 Å². The van der Waals surface area contributed by atoms with Crippen LogP contribution >= 0.6 is 11.6 Å². The van der Waals surface area contributed by atoms with E-state index in [1.807, 2.05) is 12.3 Å². The molecule has 0 atom stereocenters. The lowest BCUT2D eigenvalue weighted by molar-refractivity contribution is -0.123. The second-order valence-corrected chi connectivity index (χ2v) is 5.93. The van der Waals surface area contributed by atoms with Crippen molar-refractivity contribution in [3.63, 3.8) is 0 Å². The maximum Gasteiger partial charge on any atom is 0.258 e. The van der Waals surface area contributed by atoms with Gasteiger partial charge in [0.2, 0.25) is 0 Å². The Bertz CT molecular complexity index is 919. The number of ether oxygens (including phenoxy) is 1. The Balaban J connectivity index is 1.51. The van der Waals surface area contributed by atoms with Gasteiger partial charge in [0.1, 0.15) is 11.4 Å². The van der Waals surface area contributed by atoms with Gasteiger partial charge in [0.25, 0.3) is 5.91 Å². The Hall–Kier alpha value is -2.86. The second kappa shape index (κ2) is 7.36. The van der Waals surface area contributed by atoms with E-state index >= 15 is 0 Å². The van der Waals surface area contributed by atoms with E-state index in [0.29, 0.717) is 22.9 Å². The van der Waals surface area contributed by atoms with Crippen LogP contribution in [0.4, 0.5) is 0 Å². The number of nitrogens with one attached hydrogen (secondary N) is 1. The predicted octanol–water partition coefficient (Wildman–Crippen LogP) is 2.89. The maximum atomic E-state index is 11.9. The van der Waals surface area contributed by atoms with Gasteiger partial charge < -0.3 is 14.5 Å². The molecule has 0 aliphatic rings. The molecule has 6 nitrogen and oxygen atoms in total. The summed E-state index contributed by atoms with van der Waals surface area (Å²) in [6.07, 6.45) is 3.56. The Labute approximate surface area is 149 Å². The zero-order chi connectivity index (χ0) is 17.8. The number of carbonyl (C=O) groups excluding carboxylic acids is 2. The van der Waals surface area contributed by atoms with Gasteiger partial charge in [-0.3, -0.25) is 9.59 Å². The number of amides is 1. The van der Waals surface area contributed by atoms with E-state index in [1.165, 1.54) is 6.92 Å². The van der Waals surface area contributed by atoms with Gasteiger partial charge in [-0.15, -0.1) is 0 Å². The lowest BCUT2D eigenvalue weighted by Gasteiger charge is -2.07. The van der Waals surface area contributed by atoms with Gasteiger partial charge in [-0.1, -0.05) is 11.6 Å². The first kappa shape index (κ1) is 17.0. The number of fused-ring (bicyclic) bond motifs is 1. The van der Waals surface area contributed by atoms with Crippen molar-refractivity contribution in [2.45, 2.75) is 13.5 Å². The minimum absolute atomic E-state index is 0.0157. The summed E-state index contributed by atoms with van der Waals surface area (Å²) in [5.41, 5.74) is 2.08. The Morgan fingerprint density at radius 1 is 1.16 bits per heavy atom. The third-order valence-corrected chi connectivity index (χ3v) is 3.79. The standard InChI is InChI=1S/C18H16ClN3O3/c1-12(23)13-2-5-16(6-3-13)25-11-18(24)20-8-15-10-22-9-14(19)4-7-17(22)21-15/h2-7,9-10H,8,11H2,1H3,(H,20,24). The summed E-state index contributed by atoms with van der Waals surface area (Å²) in [5.74, 6) is 0.256. The van der Waals surface area contributed by atoms with Crippen LogP contribution in [0.2, 0.25) is 5.02 Å². The first-order chi connectivity index (χ1) is 12.0. The highest BCUT2D eigenvalue weighted by Crippen LogP contribution is 2.13. The van der Waals surface area contributed by atoms with Gasteiger partial charge in [0, 0.05) is 18.0 Å². The number of imidazole rings is 1. The highest BCUT2D eigenvalue weighted by atomic mass is 35.5. The van der Waals surface area contributed by atoms with Crippen LogP contribution in [0.15, 0.2) is 48.8 Å². The number of aromatic nitrogens is 2. The largest absolute Gasteiger partial charge is 0.484 e. The maximum absolute atomic E-state index is 11.9. The average molecular weight is 358 g/mol. The van der Waals surface area contributed by atoms with Crippen molar-refractivity contribution in [3.05, 3.63) is 65.1 Å². The number of hydrogen-bond donors (Lipinski definition) is 1. The van der Waals surface area contributed by atoms with Crippen LogP contribution in [0.25, 0.3) is 5.65 Å². The number of Topliss-reactive ketones (excluding diaryl/α,β-unsaturated/α-hetero) is 1. The first-order valence-electron chi connectivity index (χ1n) is 7.65. The SMILES string of the molecule is CC(=O)c1ccc(OCC(=O)NCc2cn3cc(Cl)ccc3n2)cc1. The Morgan fingerprint density at radius 3 is 2.64 bits per heavy atom. The smallest absolute Gasteiger partial charge is 0.258 e. The van der Waals surface area contributed by atoms with Crippen LogP contribution in [-0.2, 0) is 11.3 Å². The summed E-state index contributed by atoms with van der Waals surface area (Å²) in [6.45, 7) is 1.68. The van der Waals surface area contributed by atoms with Crippen LogP contribution in [0.5, 0.6) is 5.75 Å². The minimum Gasteiger partial charge on any atom is -0.484 e. The summed E-state index contributed by atoms with van der Waals surface area (Å²) in [6, 6.07) is 10.2. The molecule has 25 heavy (non-hydrogen) atoms. The fourth-order valence-electron chi connectivity index (χ4n) is 2.28. The molecule has 0 aliphatic carbocycles. The van der Waals surface area contributed by atoms with Crippen molar-refractivity contribution in [2.24, 2.45) is 0 Å². The number of ketones is 1. The van der Waals surface area contributed by atoms with E-state index in [1.54, 1.807) is 40.9 Å².